The van der Waals surface area contributed by atoms with Crippen molar-refractivity contribution in [2.24, 2.45) is 0 Å². The standard InChI is InChI=1S/C3H5ClO2S.Na.H/c1-3(4,7)2(5)6;;/h7H,1H3,(H,5,6);;. The van der Waals surface area contributed by atoms with Crippen molar-refractivity contribution in [2.75, 3.05) is 0 Å². The van der Waals surface area contributed by atoms with E-state index in [0.29, 0.717) is 0 Å². The first-order valence-electron chi connectivity index (χ1n) is 1.59. The van der Waals surface area contributed by atoms with E-state index in [1.54, 1.807) is 0 Å². The Morgan fingerprint density at radius 1 is 1.88 bits per heavy atom. The molecule has 8 heavy (non-hydrogen) atoms. The fraction of sp³-hybridized carbons (Fsp3) is 0.667. The fourth-order valence-electron chi connectivity index (χ4n) is 0. The van der Waals surface area contributed by atoms with Crippen LogP contribution in [0, 0.1) is 0 Å². The minimum atomic E-state index is -1.42. The monoisotopic (exact) mass is 164 g/mol. The second-order valence-corrected chi connectivity index (χ2v) is 3.17. The Balaban J connectivity index is 0. The number of carboxylic acid groups (broad SMARTS) is 1. The molecule has 2 nitrogen and oxygen atoms in total. The Morgan fingerprint density at radius 2 is 2.00 bits per heavy atom. The van der Waals surface area contributed by atoms with Crippen LogP contribution < -0.4 is 0 Å². The third-order valence-electron chi connectivity index (χ3n) is 0.390. The zero-order chi connectivity index (χ0) is 6.08. The summed E-state index contributed by atoms with van der Waals surface area (Å²) < 4.78 is -1.42. The molecule has 0 aliphatic heterocycles. The number of thiol groups is 1. The van der Waals surface area contributed by atoms with E-state index in [9.17, 15) is 4.79 Å². The van der Waals surface area contributed by atoms with Gasteiger partial charge in [0.2, 0.25) is 0 Å². The zero-order valence-electron chi connectivity index (χ0n) is 3.68. The summed E-state index contributed by atoms with van der Waals surface area (Å²) in [6.07, 6.45) is 0. The van der Waals surface area contributed by atoms with E-state index in [4.69, 9.17) is 16.7 Å². The van der Waals surface area contributed by atoms with Crippen LogP contribution in [0.25, 0.3) is 0 Å². The van der Waals surface area contributed by atoms with E-state index in [1.165, 1.54) is 6.92 Å². The predicted octanol–water partition coefficient (Wildman–Crippen LogP) is 0.307. The van der Waals surface area contributed by atoms with Gasteiger partial charge in [-0.15, -0.1) is 12.6 Å². The Bertz CT molecular complexity index is 89.8. The molecule has 0 aromatic carbocycles. The van der Waals surface area contributed by atoms with Crippen LogP contribution >= 0.6 is 24.2 Å². The molecule has 1 N–H and O–H groups in total. The van der Waals surface area contributed by atoms with Crippen molar-refractivity contribution in [3.63, 3.8) is 0 Å². The number of halogens is 1. The number of rotatable bonds is 1. The van der Waals surface area contributed by atoms with Crippen LogP contribution in [0.5, 0.6) is 0 Å². The second-order valence-electron chi connectivity index (χ2n) is 1.26. The van der Waals surface area contributed by atoms with E-state index in [1.807, 2.05) is 0 Å². The van der Waals surface area contributed by atoms with Gasteiger partial charge in [-0.25, -0.2) is 4.79 Å². The van der Waals surface area contributed by atoms with E-state index < -0.39 is 10.2 Å². The van der Waals surface area contributed by atoms with Crippen molar-refractivity contribution in [3.8, 4) is 0 Å². The van der Waals surface area contributed by atoms with Gasteiger partial charge in [-0.3, -0.25) is 0 Å². The Hall–Kier alpha value is 1.11. The van der Waals surface area contributed by atoms with Gasteiger partial charge in [-0.05, 0) is 6.92 Å². The number of alkyl halides is 1. The average Bonchev–Trinajstić information content (AvgIpc) is 1.31. The van der Waals surface area contributed by atoms with Gasteiger partial charge in [0.15, 0.2) is 4.21 Å². The van der Waals surface area contributed by atoms with Crippen LogP contribution in [0.2, 0.25) is 0 Å². The molecule has 0 bridgehead atoms. The second kappa shape index (κ2) is 4.01. The summed E-state index contributed by atoms with van der Waals surface area (Å²) in [5.41, 5.74) is 0. The molecule has 44 valence electrons. The molecule has 0 aliphatic carbocycles. The molecule has 0 amide bonds. The molecule has 0 aliphatic rings. The first-order chi connectivity index (χ1) is 2.94. The van der Waals surface area contributed by atoms with Crippen molar-refractivity contribution < 1.29 is 9.90 Å². The van der Waals surface area contributed by atoms with E-state index in [0.717, 1.165) is 0 Å². The third-order valence-corrected chi connectivity index (χ3v) is 0.743. The Labute approximate surface area is 80.3 Å². The minimum absolute atomic E-state index is 0. The van der Waals surface area contributed by atoms with E-state index >= 15 is 0 Å². The number of aliphatic carboxylic acids is 1. The van der Waals surface area contributed by atoms with Gasteiger partial charge >= 0.3 is 35.5 Å². The van der Waals surface area contributed by atoms with Crippen LogP contribution in [0.3, 0.4) is 0 Å². The maximum atomic E-state index is 9.81. The van der Waals surface area contributed by atoms with Crippen molar-refractivity contribution in [3.05, 3.63) is 0 Å². The molecule has 0 rings (SSSR count). The normalized spacial score (nSPS) is 15.9. The molecule has 0 aromatic rings. The molecular formula is C3H6ClNaO2S. The number of carboxylic acids is 1. The molecule has 0 fully saturated rings. The van der Waals surface area contributed by atoms with Gasteiger partial charge in [-0.2, -0.15) is 0 Å². The number of hydrogen-bond acceptors (Lipinski definition) is 2. The van der Waals surface area contributed by atoms with Crippen molar-refractivity contribution in [1.82, 2.24) is 0 Å². The Kier molecular flexibility index (Phi) is 5.94. The molecule has 0 aromatic heterocycles. The van der Waals surface area contributed by atoms with Crippen molar-refractivity contribution in [1.29, 1.82) is 0 Å². The molecule has 5 heteroatoms. The van der Waals surface area contributed by atoms with Gasteiger partial charge in [0.25, 0.3) is 0 Å². The van der Waals surface area contributed by atoms with Gasteiger partial charge < -0.3 is 5.11 Å². The molecule has 0 saturated carbocycles. The van der Waals surface area contributed by atoms with Gasteiger partial charge in [0.1, 0.15) is 0 Å². The first-order valence-corrected chi connectivity index (χ1v) is 2.42. The summed E-state index contributed by atoms with van der Waals surface area (Å²) in [6, 6.07) is 0. The molecule has 0 spiro atoms. The third kappa shape index (κ3) is 5.25. The quantitative estimate of drug-likeness (QED) is 0.333. The van der Waals surface area contributed by atoms with Crippen LogP contribution in [-0.4, -0.2) is 44.8 Å². The topological polar surface area (TPSA) is 37.3 Å². The van der Waals surface area contributed by atoms with Gasteiger partial charge in [0, 0.05) is 0 Å². The van der Waals surface area contributed by atoms with Crippen LogP contribution in [-0.2, 0) is 4.79 Å². The van der Waals surface area contributed by atoms with Crippen LogP contribution in [0.1, 0.15) is 6.92 Å². The zero-order valence-corrected chi connectivity index (χ0v) is 5.33. The summed E-state index contributed by atoms with van der Waals surface area (Å²) in [5.74, 6) is -1.13. The predicted molar refractivity (Wildman–Crippen MR) is 38.0 cm³/mol. The maximum absolute atomic E-state index is 9.81. The van der Waals surface area contributed by atoms with Gasteiger partial charge in [0.05, 0.1) is 0 Å². The van der Waals surface area contributed by atoms with E-state index in [2.05, 4.69) is 12.6 Å². The first kappa shape index (κ1) is 11.9. The average molecular weight is 165 g/mol. The fourth-order valence-corrected chi connectivity index (χ4v) is 0. The van der Waals surface area contributed by atoms with E-state index in [-0.39, 0.29) is 29.6 Å². The molecule has 0 saturated heterocycles. The number of carbonyl (C=O) groups is 1. The summed E-state index contributed by atoms with van der Waals surface area (Å²) in [7, 11) is 0. The van der Waals surface area contributed by atoms with Crippen LogP contribution in [0.4, 0.5) is 0 Å². The van der Waals surface area contributed by atoms with Crippen LogP contribution in [0.15, 0.2) is 0 Å². The summed E-state index contributed by atoms with van der Waals surface area (Å²) in [5, 5.41) is 8.04. The van der Waals surface area contributed by atoms with Crippen molar-refractivity contribution >= 4 is 59.8 Å². The molecule has 1 atom stereocenters. The molecule has 0 radical (unpaired) electrons. The van der Waals surface area contributed by atoms with Crippen molar-refractivity contribution in [2.45, 2.75) is 11.1 Å². The molecule has 0 heterocycles. The summed E-state index contributed by atoms with van der Waals surface area (Å²) >= 11 is 8.65. The van der Waals surface area contributed by atoms with Gasteiger partial charge in [-0.1, -0.05) is 11.6 Å². The molecule has 1 unspecified atom stereocenters. The molecular weight excluding hydrogens is 159 g/mol. The summed E-state index contributed by atoms with van der Waals surface area (Å²) in [6.45, 7) is 1.29. The number of hydrogen-bond donors (Lipinski definition) is 2. The Morgan fingerprint density at radius 3 is 2.00 bits per heavy atom. The summed E-state index contributed by atoms with van der Waals surface area (Å²) in [4.78, 5) is 9.81. The SMILES string of the molecule is CC(S)(Cl)C(=O)O.[NaH].